The summed E-state index contributed by atoms with van der Waals surface area (Å²) in [6.45, 7) is 3.15. The summed E-state index contributed by atoms with van der Waals surface area (Å²) in [5, 5.41) is 15.6. The number of aliphatic hydroxyl groups is 1. The maximum absolute atomic E-state index is 13.8. The van der Waals surface area contributed by atoms with Gasteiger partial charge in [-0.1, -0.05) is 23.6 Å². The molecular formula is C26H23ClF2N4O. The van der Waals surface area contributed by atoms with E-state index >= 15 is 0 Å². The third-order valence-electron chi connectivity index (χ3n) is 5.29. The van der Waals surface area contributed by atoms with Crippen molar-refractivity contribution in [2.75, 3.05) is 0 Å². The van der Waals surface area contributed by atoms with Gasteiger partial charge in [-0.15, -0.1) is 0 Å². The number of fused-ring (bicyclic) bond motifs is 1. The monoisotopic (exact) mass is 480 g/mol. The highest BCUT2D eigenvalue weighted by Crippen LogP contribution is 2.36. The van der Waals surface area contributed by atoms with Gasteiger partial charge in [0.05, 0.1) is 28.5 Å². The lowest BCUT2D eigenvalue weighted by molar-refractivity contribution is 0.143. The molecule has 0 saturated carbocycles. The van der Waals surface area contributed by atoms with Gasteiger partial charge in [-0.2, -0.15) is 5.10 Å². The molecule has 1 atom stereocenters. The van der Waals surface area contributed by atoms with Crippen molar-refractivity contribution in [2.45, 2.75) is 31.9 Å². The molecule has 4 rings (SSSR count). The van der Waals surface area contributed by atoms with E-state index in [9.17, 15) is 13.9 Å². The molecule has 3 N–H and O–H groups in total. The first-order valence-electron chi connectivity index (χ1n) is 10.6. The Morgan fingerprint density at radius 3 is 2.47 bits per heavy atom. The number of aromatic nitrogens is 3. The first kappa shape index (κ1) is 23.8. The fourth-order valence-electron chi connectivity index (χ4n) is 3.83. The Morgan fingerprint density at radius 1 is 1.12 bits per heavy atom. The van der Waals surface area contributed by atoms with Crippen LogP contribution >= 0.6 is 11.6 Å². The molecule has 0 fully saturated rings. The summed E-state index contributed by atoms with van der Waals surface area (Å²) in [6, 6.07) is 9.85. The molecule has 0 amide bonds. The average molecular weight is 481 g/mol. The smallest absolute Gasteiger partial charge is 0.126 e. The number of pyridine rings is 1. The lowest BCUT2D eigenvalue weighted by atomic mass is 9.94. The van der Waals surface area contributed by atoms with Crippen LogP contribution in [0.2, 0.25) is 5.02 Å². The van der Waals surface area contributed by atoms with Gasteiger partial charge in [0.15, 0.2) is 0 Å². The van der Waals surface area contributed by atoms with E-state index in [1.54, 1.807) is 36.9 Å². The highest BCUT2D eigenvalue weighted by Gasteiger charge is 2.20. The van der Waals surface area contributed by atoms with Gasteiger partial charge in [0.2, 0.25) is 0 Å². The molecule has 0 spiro atoms. The summed E-state index contributed by atoms with van der Waals surface area (Å²) in [6.07, 6.45) is 1.84. The van der Waals surface area contributed by atoms with E-state index in [0.29, 0.717) is 22.0 Å². The molecule has 2 heterocycles. The van der Waals surface area contributed by atoms with Crippen LogP contribution in [-0.2, 0) is 13.5 Å². The van der Waals surface area contributed by atoms with Crippen LogP contribution in [0.3, 0.4) is 0 Å². The number of nitrogens with zero attached hydrogens (tertiary/aromatic N) is 3. The molecule has 5 nitrogen and oxygen atoms in total. The molecule has 8 heteroatoms. The maximum atomic E-state index is 13.8. The highest BCUT2D eigenvalue weighted by molar-refractivity contribution is 6.35. The molecule has 0 unspecified atom stereocenters. The Kier molecular flexibility index (Phi) is 6.41. The number of benzene rings is 2. The minimum Gasteiger partial charge on any atom is -0.378 e. The quantitative estimate of drug-likeness (QED) is 0.406. The van der Waals surface area contributed by atoms with Crippen molar-refractivity contribution in [1.29, 1.82) is 0 Å². The Bertz CT molecular complexity index is 1430. The molecule has 0 aliphatic rings. The molecule has 0 aliphatic carbocycles. The van der Waals surface area contributed by atoms with E-state index in [1.165, 1.54) is 12.1 Å². The largest absolute Gasteiger partial charge is 0.378 e. The van der Waals surface area contributed by atoms with Crippen LogP contribution in [0.1, 0.15) is 36.8 Å². The van der Waals surface area contributed by atoms with Gasteiger partial charge < -0.3 is 10.8 Å². The van der Waals surface area contributed by atoms with Crippen LogP contribution in [0.5, 0.6) is 0 Å². The molecule has 0 radical (unpaired) electrons. The van der Waals surface area contributed by atoms with Gasteiger partial charge in [0.25, 0.3) is 0 Å². The van der Waals surface area contributed by atoms with E-state index in [-0.39, 0.29) is 6.42 Å². The number of nitrogens with two attached hydrogens (primary N) is 1. The normalized spacial score (nSPS) is 12.5. The molecule has 0 aliphatic heterocycles. The lowest BCUT2D eigenvalue weighted by Crippen LogP contribution is -2.17. The zero-order valence-electron chi connectivity index (χ0n) is 18.9. The molecular weight excluding hydrogens is 458 g/mol. The van der Waals surface area contributed by atoms with Crippen molar-refractivity contribution >= 4 is 22.5 Å². The standard InChI is InChI=1S/C26H23ClF2N4O/c1-26(2,34)9-8-18-4-5-19(20-6-7-22(27)21-14-31-33(3)25(20)21)24(32-18)23(30)12-15-10-16(28)13-17(29)11-15/h4-7,10-11,13-14,23,34H,12,30H2,1-3H3/t23-/m0/s1. The summed E-state index contributed by atoms with van der Waals surface area (Å²) in [7, 11) is 1.81. The van der Waals surface area contributed by atoms with E-state index in [0.717, 1.165) is 28.1 Å². The third kappa shape index (κ3) is 5.10. The zero-order chi connectivity index (χ0) is 24.6. The van der Waals surface area contributed by atoms with Gasteiger partial charge in [-0.05, 0) is 62.1 Å². The van der Waals surface area contributed by atoms with E-state index in [1.807, 2.05) is 19.2 Å². The number of halogens is 3. The van der Waals surface area contributed by atoms with Crippen LogP contribution in [0.4, 0.5) is 8.78 Å². The molecule has 2 aromatic carbocycles. The second-order valence-corrected chi connectivity index (χ2v) is 9.06. The molecule has 4 aromatic rings. The van der Waals surface area contributed by atoms with Gasteiger partial charge in [0.1, 0.15) is 22.9 Å². The Balaban J connectivity index is 1.87. The number of hydrogen-bond acceptors (Lipinski definition) is 4. The van der Waals surface area contributed by atoms with Crippen molar-refractivity contribution in [3.63, 3.8) is 0 Å². The van der Waals surface area contributed by atoms with Crippen LogP contribution in [0.25, 0.3) is 22.0 Å². The third-order valence-corrected chi connectivity index (χ3v) is 5.62. The molecule has 34 heavy (non-hydrogen) atoms. The first-order chi connectivity index (χ1) is 16.0. The van der Waals surface area contributed by atoms with Crippen molar-refractivity contribution in [1.82, 2.24) is 14.8 Å². The van der Waals surface area contributed by atoms with Crippen LogP contribution < -0.4 is 5.73 Å². The average Bonchev–Trinajstić information content (AvgIpc) is 3.14. The Hall–Kier alpha value is -3.31. The number of rotatable bonds is 4. The van der Waals surface area contributed by atoms with Crippen molar-refractivity contribution in [3.8, 4) is 23.0 Å². The number of aryl methyl sites for hydroxylation is 1. The second-order valence-electron chi connectivity index (χ2n) is 8.65. The van der Waals surface area contributed by atoms with Gasteiger partial charge in [-0.3, -0.25) is 4.68 Å². The molecule has 174 valence electrons. The van der Waals surface area contributed by atoms with Crippen molar-refractivity contribution in [3.05, 3.63) is 82.3 Å². The van der Waals surface area contributed by atoms with Crippen LogP contribution in [0, 0.1) is 23.5 Å². The summed E-state index contributed by atoms with van der Waals surface area (Å²) < 4.78 is 29.2. The van der Waals surface area contributed by atoms with E-state index < -0.39 is 23.3 Å². The van der Waals surface area contributed by atoms with Gasteiger partial charge >= 0.3 is 0 Å². The summed E-state index contributed by atoms with van der Waals surface area (Å²) in [5.41, 5.74) is 9.01. The molecule has 2 aromatic heterocycles. The van der Waals surface area contributed by atoms with Crippen LogP contribution in [0.15, 0.2) is 48.7 Å². The first-order valence-corrected chi connectivity index (χ1v) is 11.0. The van der Waals surface area contributed by atoms with Crippen LogP contribution in [-0.4, -0.2) is 25.5 Å². The summed E-state index contributed by atoms with van der Waals surface area (Å²) in [5.74, 6) is 4.27. The molecule has 0 saturated heterocycles. The fourth-order valence-corrected chi connectivity index (χ4v) is 4.03. The van der Waals surface area contributed by atoms with E-state index in [4.69, 9.17) is 17.3 Å². The zero-order valence-corrected chi connectivity index (χ0v) is 19.7. The Labute approximate surface area is 201 Å². The second kappa shape index (κ2) is 9.15. The lowest BCUT2D eigenvalue weighted by Gasteiger charge is -2.18. The minimum absolute atomic E-state index is 0.152. The minimum atomic E-state index is -1.20. The fraction of sp³-hybridized carbons (Fsp3) is 0.231. The summed E-state index contributed by atoms with van der Waals surface area (Å²) >= 11 is 6.37. The topological polar surface area (TPSA) is 77.0 Å². The molecule has 0 bridgehead atoms. The Morgan fingerprint density at radius 2 is 1.79 bits per heavy atom. The van der Waals surface area contributed by atoms with Gasteiger partial charge in [-0.25, -0.2) is 13.8 Å². The predicted molar refractivity (Wildman–Crippen MR) is 129 cm³/mol. The van der Waals surface area contributed by atoms with E-state index in [2.05, 4.69) is 21.9 Å². The van der Waals surface area contributed by atoms with Crippen molar-refractivity contribution in [2.24, 2.45) is 12.8 Å². The van der Waals surface area contributed by atoms with Crippen molar-refractivity contribution < 1.29 is 13.9 Å². The number of hydrogen-bond donors (Lipinski definition) is 2. The maximum Gasteiger partial charge on any atom is 0.126 e. The predicted octanol–water partition coefficient (Wildman–Crippen LogP) is 4.93. The SMILES string of the molecule is Cn1ncc2c(Cl)ccc(-c3ccc(C#CC(C)(C)O)nc3[C@@H](N)Cc3cc(F)cc(F)c3)c21. The highest BCUT2D eigenvalue weighted by atomic mass is 35.5. The summed E-state index contributed by atoms with van der Waals surface area (Å²) in [4.78, 5) is 4.68. The van der Waals surface area contributed by atoms with Gasteiger partial charge in [0, 0.05) is 29.6 Å².